The number of halogens is 3. The summed E-state index contributed by atoms with van der Waals surface area (Å²) >= 11 is 0.867. The molecule has 6 heteroatoms. The summed E-state index contributed by atoms with van der Waals surface area (Å²) < 4.78 is 40.7. The number of benzene rings is 1. The quantitative estimate of drug-likeness (QED) is 0.623. The summed E-state index contributed by atoms with van der Waals surface area (Å²) in [5.74, 6) is -3.60. The van der Waals surface area contributed by atoms with Crippen LogP contribution in [0.15, 0.2) is 4.90 Å². The molecule has 0 fully saturated rings. The Kier molecular flexibility index (Phi) is 4.63. The smallest absolute Gasteiger partial charge is 0.180 e. The highest BCUT2D eigenvalue weighted by atomic mass is 32.2. The molecule has 0 aliphatic heterocycles. The first-order valence-electron chi connectivity index (χ1n) is 5.07. The van der Waals surface area contributed by atoms with Crippen molar-refractivity contribution in [1.29, 1.82) is 10.5 Å². The van der Waals surface area contributed by atoms with Gasteiger partial charge in [-0.1, -0.05) is 13.8 Å². The van der Waals surface area contributed by atoms with Gasteiger partial charge in [0.15, 0.2) is 17.5 Å². The van der Waals surface area contributed by atoms with Gasteiger partial charge in [0.2, 0.25) is 0 Å². The minimum Gasteiger partial charge on any atom is -0.204 e. The minimum atomic E-state index is -1.54. The summed E-state index contributed by atoms with van der Waals surface area (Å²) in [5.41, 5.74) is -1.67. The number of rotatable bonds is 3. The molecule has 0 aromatic heterocycles. The van der Waals surface area contributed by atoms with Gasteiger partial charge in [0.25, 0.3) is 0 Å². The Hall–Kier alpha value is -1.66. The molecule has 0 aliphatic carbocycles. The maximum atomic E-state index is 13.7. The highest BCUT2D eigenvalue weighted by Crippen LogP contribution is 2.32. The molecule has 0 radical (unpaired) electrons. The van der Waals surface area contributed by atoms with Crippen LogP contribution in [0.25, 0.3) is 0 Å². The zero-order chi connectivity index (χ0) is 13.9. The summed E-state index contributed by atoms with van der Waals surface area (Å²) in [6.45, 7) is 3.71. The largest absolute Gasteiger partial charge is 0.204 e. The first-order chi connectivity index (χ1) is 8.43. The molecule has 0 heterocycles. The molecule has 0 N–H and O–H groups in total. The second-order valence-corrected chi connectivity index (χ2v) is 4.98. The zero-order valence-electron chi connectivity index (χ0n) is 9.72. The lowest BCUT2D eigenvalue weighted by Crippen LogP contribution is -2.04. The first-order valence-corrected chi connectivity index (χ1v) is 6.06. The summed E-state index contributed by atoms with van der Waals surface area (Å²) in [6, 6.07) is 2.70. The average Bonchev–Trinajstić information content (AvgIpc) is 2.32. The van der Waals surface area contributed by atoms with Crippen molar-refractivity contribution in [3.63, 3.8) is 0 Å². The van der Waals surface area contributed by atoms with Crippen LogP contribution in [0.4, 0.5) is 13.2 Å². The first kappa shape index (κ1) is 14.4. The second kappa shape index (κ2) is 5.79. The fraction of sp³-hybridized carbons (Fsp3) is 0.333. The third-order valence-corrected chi connectivity index (χ3v) is 3.57. The molecule has 0 unspecified atom stereocenters. The maximum absolute atomic E-state index is 13.7. The molecule has 0 saturated heterocycles. The maximum Gasteiger partial charge on any atom is 0.180 e. The molecule has 1 aromatic rings. The highest BCUT2D eigenvalue weighted by Gasteiger charge is 2.25. The molecule has 0 aliphatic rings. The van der Waals surface area contributed by atoms with Crippen molar-refractivity contribution in [2.45, 2.75) is 18.7 Å². The summed E-state index contributed by atoms with van der Waals surface area (Å²) in [6.07, 6.45) is 0. The molecule has 0 spiro atoms. The number of hydrogen-bond donors (Lipinski definition) is 0. The van der Waals surface area contributed by atoms with Crippen molar-refractivity contribution in [3.05, 3.63) is 28.6 Å². The van der Waals surface area contributed by atoms with Crippen LogP contribution in [0.3, 0.4) is 0 Å². The molecule has 1 rings (SSSR count). The lowest BCUT2D eigenvalue weighted by molar-refractivity contribution is 0.471. The zero-order valence-corrected chi connectivity index (χ0v) is 10.5. The van der Waals surface area contributed by atoms with Crippen LogP contribution in [0, 0.1) is 46.0 Å². The van der Waals surface area contributed by atoms with Gasteiger partial charge >= 0.3 is 0 Å². The standard InChI is InChI=1S/C12H9F3N2S/c1-6(2)5-18-12-8(4-17)9(13)7(3-16)10(14)11(12)15/h6H,5H2,1-2H3. The van der Waals surface area contributed by atoms with Crippen molar-refractivity contribution in [2.24, 2.45) is 5.92 Å². The topological polar surface area (TPSA) is 47.6 Å². The molecule has 1 aromatic carbocycles. The fourth-order valence-electron chi connectivity index (χ4n) is 1.22. The van der Waals surface area contributed by atoms with Crippen LogP contribution in [0.1, 0.15) is 25.0 Å². The Morgan fingerprint density at radius 3 is 2.00 bits per heavy atom. The van der Waals surface area contributed by atoms with E-state index in [2.05, 4.69) is 0 Å². The molecule has 0 saturated carbocycles. The van der Waals surface area contributed by atoms with Gasteiger partial charge in [-0.3, -0.25) is 0 Å². The van der Waals surface area contributed by atoms with E-state index in [-0.39, 0.29) is 10.8 Å². The van der Waals surface area contributed by atoms with E-state index in [4.69, 9.17) is 10.5 Å². The molecule has 0 amide bonds. The molecule has 0 atom stereocenters. The predicted molar refractivity (Wildman–Crippen MR) is 61.3 cm³/mol. The Balaban J connectivity index is 3.44. The molecule has 2 nitrogen and oxygen atoms in total. The van der Waals surface area contributed by atoms with Gasteiger partial charge in [-0.15, -0.1) is 11.8 Å². The predicted octanol–water partition coefficient (Wildman–Crippen LogP) is 3.60. The van der Waals surface area contributed by atoms with E-state index in [1.165, 1.54) is 12.1 Å². The van der Waals surface area contributed by atoms with Gasteiger partial charge in [-0.05, 0) is 5.92 Å². The molecule has 0 bridgehead atoms. The number of nitriles is 2. The van der Waals surface area contributed by atoms with E-state index >= 15 is 0 Å². The summed E-state index contributed by atoms with van der Waals surface area (Å²) in [4.78, 5) is -0.375. The van der Waals surface area contributed by atoms with Crippen molar-refractivity contribution in [3.8, 4) is 12.1 Å². The van der Waals surface area contributed by atoms with Crippen molar-refractivity contribution in [1.82, 2.24) is 0 Å². The average molecular weight is 270 g/mol. The van der Waals surface area contributed by atoms with Crippen molar-refractivity contribution >= 4 is 11.8 Å². The highest BCUT2D eigenvalue weighted by molar-refractivity contribution is 7.99. The molecular formula is C12H9F3N2S. The van der Waals surface area contributed by atoms with E-state index in [9.17, 15) is 13.2 Å². The van der Waals surface area contributed by atoms with E-state index in [1.54, 1.807) is 0 Å². The molecule has 94 valence electrons. The Bertz CT molecular complexity index is 556. The van der Waals surface area contributed by atoms with Gasteiger partial charge in [-0.2, -0.15) is 10.5 Å². The Labute approximate surface area is 107 Å². The van der Waals surface area contributed by atoms with Crippen LogP contribution >= 0.6 is 11.8 Å². The number of nitrogens with zero attached hydrogens (tertiary/aromatic N) is 2. The van der Waals surface area contributed by atoms with Crippen LogP contribution < -0.4 is 0 Å². The van der Waals surface area contributed by atoms with Gasteiger partial charge in [0, 0.05) is 5.75 Å². The minimum absolute atomic E-state index is 0.169. The van der Waals surface area contributed by atoms with E-state index in [0.29, 0.717) is 5.75 Å². The molecule has 18 heavy (non-hydrogen) atoms. The third kappa shape index (κ3) is 2.60. The summed E-state index contributed by atoms with van der Waals surface area (Å²) in [7, 11) is 0. The van der Waals surface area contributed by atoms with Crippen molar-refractivity contribution < 1.29 is 13.2 Å². The summed E-state index contributed by atoms with van der Waals surface area (Å²) in [5, 5.41) is 17.3. The fourth-order valence-corrected chi connectivity index (χ4v) is 2.22. The Morgan fingerprint density at radius 1 is 1.00 bits per heavy atom. The van der Waals surface area contributed by atoms with Crippen LogP contribution in [0.2, 0.25) is 0 Å². The van der Waals surface area contributed by atoms with Gasteiger partial charge in [-0.25, -0.2) is 13.2 Å². The van der Waals surface area contributed by atoms with E-state index in [1.807, 2.05) is 13.8 Å². The van der Waals surface area contributed by atoms with Gasteiger partial charge in [0.1, 0.15) is 23.3 Å². The lowest BCUT2D eigenvalue weighted by atomic mass is 10.1. The van der Waals surface area contributed by atoms with Crippen LogP contribution in [-0.2, 0) is 0 Å². The number of hydrogen-bond acceptors (Lipinski definition) is 3. The van der Waals surface area contributed by atoms with Crippen LogP contribution in [-0.4, -0.2) is 5.75 Å². The second-order valence-electron chi connectivity index (χ2n) is 3.95. The van der Waals surface area contributed by atoms with E-state index < -0.39 is 28.6 Å². The van der Waals surface area contributed by atoms with Crippen molar-refractivity contribution in [2.75, 3.05) is 5.75 Å². The number of thioether (sulfide) groups is 1. The normalized spacial score (nSPS) is 10.2. The molecular weight excluding hydrogens is 261 g/mol. The van der Waals surface area contributed by atoms with Crippen LogP contribution in [0.5, 0.6) is 0 Å². The Morgan fingerprint density at radius 2 is 1.56 bits per heavy atom. The SMILES string of the molecule is CC(C)CSc1c(F)c(F)c(C#N)c(F)c1C#N. The monoisotopic (exact) mass is 270 g/mol. The van der Waals surface area contributed by atoms with Gasteiger partial charge < -0.3 is 0 Å². The van der Waals surface area contributed by atoms with E-state index in [0.717, 1.165) is 11.8 Å². The third-order valence-electron chi connectivity index (χ3n) is 2.06. The van der Waals surface area contributed by atoms with Gasteiger partial charge in [0.05, 0.1) is 4.90 Å². The lowest BCUT2D eigenvalue weighted by Gasteiger charge is -2.10.